The molecule has 3 rings (SSSR count). The molecule has 7 heteroatoms. The van der Waals surface area contributed by atoms with E-state index in [1.54, 1.807) is 18.7 Å². The van der Waals surface area contributed by atoms with Crippen molar-refractivity contribution in [1.82, 2.24) is 10.1 Å². The average Bonchev–Trinajstić information content (AvgIpc) is 3.17. The van der Waals surface area contributed by atoms with Gasteiger partial charge in [0.2, 0.25) is 5.91 Å². The number of aromatic nitrogens is 2. The number of carbonyl (C=O) groups is 1. The van der Waals surface area contributed by atoms with E-state index in [0.717, 1.165) is 16.3 Å². The first-order valence-corrected chi connectivity index (χ1v) is 9.05. The van der Waals surface area contributed by atoms with E-state index >= 15 is 0 Å². The minimum absolute atomic E-state index is 0.0362. The van der Waals surface area contributed by atoms with Gasteiger partial charge in [-0.1, -0.05) is 35.5 Å². The average molecular weight is 345 g/mol. The molecule has 118 valence electrons. The summed E-state index contributed by atoms with van der Waals surface area (Å²) in [6.07, 6.45) is 0. The van der Waals surface area contributed by atoms with Gasteiger partial charge in [-0.25, -0.2) is 0 Å². The Hall–Kier alpha value is -2.12. The van der Waals surface area contributed by atoms with E-state index in [9.17, 15) is 4.79 Å². The van der Waals surface area contributed by atoms with E-state index in [-0.39, 0.29) is 5.91 Å². The Morgan fingerprint density at radius 2 is 2.13 bits per heavy atom. The van der Waals surface area contributed by atoms with Gasteiger partial charge in [-0.05, 0) is 23.9 Å². The van der Waals surface area contributed by atoms with Crippen LogP contribution in [-0.4, -0.2) is 21.8 Å². The van der Waals surface area contributed by atoms with Crippen molar-refractivity contribution in [2.45, 2.75) is 12.7 Å². The second kappa shape index (κ2) is 7.43. The summed E-state index contributed by atoms with van der Waals surface area (Å²) >= 11 is 3.03. The minimum Gasteiger partial charge on any atom is -0.334 e. The van der Waals surface area contributed by atoms with Crippen LogP contribution >= 0.6 is 23.1 Å². The largest absolute Gasteiger partial charge is 0.334 e. The zero-order valence-corrected chi connectivity index (χ0v) is 14.1. The molecule has 1 N–H and O–H groups in total. The normalized spacial score (nSPS) is 10.7. The van der Waals surface area contributed by atoms with Crippen molar-refractivity contribution in [1.29, 1.82) is 0 Å². The lowest BCUT2D eigenvalue weighted by molar-refractivity contribution is -0.113. The van der Waals surface area contributed by atoms with Crippen molar-refractivity contribution >= 4 is 34.0 Å². The maximum Gasteiger partial charge on any atom is 0.260 e. The standard InChI is InChI=1S/C16H15N3O2S2/c1-11-17-15(21-19-11)13-7-8-23-16(13)18-14(20)10-22-9-12-5-3-2-4-6-12/h2-8H,9-10H2,1H3,(H,18,20). The molecule has 23 heavy (non-hydrogen) atoms. The maximum absolute atomic E-state index is 12.1. The third-order valence-corrected chi connectivity index (χ3v) is 4.85. The number of hydrogen-bond acceptors (Lipinski definition) is 6. The molecule has 0 atom stereocenters. The molecule has 0 radical (unpaired) electrons. The van der Waals surface area contributed by atoms with Crippen LogP contribution in [0.1, 0.15) is 11.4 Å². The van der Waals surface area contributed by atoms with Gasteiger partial charge in [-0.3, -0.25) is 4.79 Å². The first-order chi connectivity index (χ1) is 11.2. The fourth-order valence-electron chi connectivity index (χ4n) is 1.98. The molecule has 0 aliphatic rings. The Balaban J connectivity index is 1.55. The highest BCUT2D eigenvalue weighted by atomic mass is 32.2. The van der Waals surface area contributed by atoms with Crippen molar-refractivity contribution in [2.75, 3.05) is 11.1 Å². The lowest BCUT2D eigenvalue weighted by Gasteiger charge is -2.04. The van der Waals surface area contributed by atoms with Crippen LogP contribution in [0.3, 0.4) is 0 Å². The number of aryl methyl sites for hydroxylation is 1. The van der Waals surface area contributed by atoms with Crippen LogP contribution in [0.25, 0.3) is 11.5 Å². The van der Waals surface area contributed by atoms with E-state index in [1.165, 1.54) is 16.9 Å². The van der Waals surface area contributed by atoms with Gasteiger partial charge < -0.3 is 9.84 Å². The van der Waals surface area contributed by atoms with Gasteiger partial charge in [-0.2, -0.15) is 4.98 Å². The fraction of sp³-hybridized carbons (Fsp3) is 0.188. The number of benzene rings is 1. The number of nitrogens with one attached hydrogen (secondary N) is 1. The number of rotatable bonds is 6. The Morgan fingerprint density at radius 3 is 2.87 bits per heavy atom. The van der Waals surface area contributed by atoms with Gasteiger partial charge >= 0.3 is 0 Å². The molecule has 0 saturated heterocycles. The van der Waals surface area contributed by atoms with E-state index in [0.29, 0.717) is 17.5 Å². The highest BCUT2D eigenvalue weighted by molar-refractivity contribution is 7.99. The first kappa shape index (κ1) is 15.8. The molecule has 0 spiro atoms. The molecule has 1 aromatic carbocycles. The quantitative estimate of drug-likeness (QED) is 0.732. The Kier molecular flexibility index (Phi) is 5.09. The number of nitrogens with zero attached hydrogens (tertiary/aromatic N) is 2. The summed E-state index contributed by atoms with van der Waals surface area (Å²) in [6, 6.07) is 12.0. The number of amides is 1. The highest BCUT2D eigenvalue weighted by Gasteiger charge is 2.15. The van der Waals surface area contributed by atoms with E-state index in [4.69, 9.17) is 4.52 Å². The van der Waals surface area contributed by atoms with E-state index < -0.39 is 0 Å². The molecule has 2 aromatic heterocycles. The molecule has 2 heterocycles. The summed E-state index contributed by atoms with van der Waals surface area (Å²) in [7, 11) is 0. The molecule has 0 aliphatic heterocycles. The summed E-state index contributed by atoms with van der Waals surface area (Å²) in [5.74, 6) is 2.17. The van der Waals surface area contributed by atoms with Crippen LogP contribution in [0, 0.1) is 6.92 Å². The van der Waals surface area contributed by atoms with Crippen molar-refractivity contribution in [3.8, 4) is 11.5 Å². The Bertz CT molecular complexity index is 783. The molecular formula is C16H15N3O2S2. The third-order valence-electron chi connectivity index (χ3n) is 3.02. The zero-order valence-electron chi connectivity index (χ0n) is 12.5. The van der Waals surface area contributed by atoms with Gasteiger partial charge in [0.25, 0.3) is 5.89 Å². The van der Waals surface area contributed by atoms with Gasteiger partial charge in [0.05, 0.1) is 11.3 Å². The van der Waals surface area contributed by atoms with Crippen molar-refractivity contribution in [3.05, 3.63) is 53.2 Å². The fourth-order valence-corrected chi connectivity index (χ4v) is 3.56. The summed E-state index contributed by atoms with van der Waals surface area (Å²) in [5.41, 5.74) is 1.97. The second-order valence-electron chi connectivity index (χ2n) is 4.84. The topological polar surface area (TPSA) is 68.0 Å². The van der Waals surface area contributed by atoms with Gasteiger partial charge in [0, 0.05) is 5.75 Å². The van der Waals surface area contributed by atoms with Crippen molar-refractivity contribution in [3.63, 3.8) is 0 Å². The van der Waals surface area contributed by atoms with Gasteiger partial charge in [0.15, 0.2) is 5.82 Å². The van der Waals surface area contributed by atoms with Crippen LogP contribution in [0.15, 0.2) is 46.3 Å². The summed E-state index contributed by atoms with van der Waals surface area (Å²) in [5, 5.41) is 9.32. The summed E-state index contributed by atoms with van der Waals surface area (Å²) in [6.45, 7) is 1.76. The van der Waals surface area contributed by atoms with E-state index in [2.05, 4.69) is 27.6 Å². The smallest absolute Gasteiger partial charge is 0.260 e. The minimum atomic E-state index is -0.0362. The molecule has 0 aliphatic carbocycles. The SMILES string of the molecule is Cc1noc(-c2ccsc2NC(=O)CSCc2ccccc2)n1. The molecule has 0 unspecified atom stereocenters. The summed E-state index contributed by atoms with van der Waals surface area (Å²) in [4.78, 5) is 16.3. The molecule has 1 amide bonds. The maximum atomic E-state index is 12.1. The molecule has 0 bridgehead atoms. The van der Waals surface area contributed by atoms with Crippen LogP contribution < -0.4 is 5.32 Å². The van der Waals surface area contributed by atoms with E-state index in [1.807, 2.05) is 29.6 Å². The molecular weight excluding hydrogens is 330 g/mol. The van der Waals surface area contributed by atoms with Gasteiger partial charge in [0.1, 0.15) is 5.00 Å². The van der Waals surface area contributed by atoms with Crippen LogP contribution in [-0.2, 0) is 10.5 Å². The summed E-state index contributed by atoms with van der Waals surface area (Å²) < 4.78 is 5.16. The van der Waals surface area contributed by atoms with Crippen LogP contribution in [0.2, 0.25) is 0 Å². The molecule has 3 aromatic rings. The number of carbonyl (C=O) groups excluding carboxylic acids is 1. The van der Waals surface area contributed by atoms with Crippen LogP contribution in [0.5, 0.6) is 0 Å². The number of hydrogen-bond donors (Lipinski definition) is 1. The molecule has 5 nitrogen and oxygen atoms in total. The van der Waals surface area contributed by atoms with Crippen molar-refractivity contribution < 1.29 is 9.32 Å². The number of thiophene rings is 1. The van der Waals surface area contributed by atoms with Crippen LogP contribution in [0.4, 0.5) is 5.00 Å². The molecule has 0 fully saturated rings. The number of thioether (sulfide) groups is 1. The third kappa shape index (κ3) is 4.20. The first-order valence-electron chi connectivity index (χ1n) is 7.02. The Labute approximate surface area is 142 Å². The lowest BCUT2D eigenvalue weighted by Crippen LogP contribution is -2.13. The monoisotopic (exact) mass is 345 g/mol. The molecule has 0 saturated carbocycles. The Morgan fingerprint density at radius 1 is 1.30 bits per heavy atom. The highest BCUT2D eigenvalue weighted by Crippen LogP contribution is 2.32. The van der Waals surface area contributed by atoms with Crippen molar-refractivity contribution in [2.24, 2.45) is 0 Å². The zero-order chi connectivity index (χ0) is 16.1. The number of anilines is 1. The lowest BCUT2D eigenvalue weighted by atomic mass is 10.2. The second-order valence-corrected chi connectivity index (χ2v) is 6.74. The predicted molar refractivity (Wildman–Crippen MR) is 93.6 cm³/mol. The predicted octanol–water partition coefficient (Wildman–Crippen LogP) is 3.98. The van der Waals surface area contributed by atoms with Gasteiger partial charge in [-0.15, -0.1) is 23.1 Å².